The van der Waals surface area contributed by atoms with Crippen LogP contribution in [0.25, 0.3) is 0 Å². The average molecular weight is 497 g/mol. The molecule has 1 atom stereocenters. The zero-order chi connectivity index (χ0) is 25.7. The first-order valence-corrected chi connectivity index (χ1v) is 12.1. The number of ether oxygens (including phenoxy) is 1. The standard InChI is InChI=1S/C26H32N4O6/c1-27-24(32)23(6-3-13-31)30-17-21-20(25(30)33)4-2-5-22(21)28-16-18-7-9-19(10-8-18)26(34,35)29-11-14-36-15-12-29/h2,4-5,7-10,13,23,28,34-35H,3,6,11-12,14-17H2,1H3,(H,27,32). The third-order valence-corrected chi connectivity index (χ3v) is 6.76. The Morgan fingerprint density at radius 3 is 2.56 bits per heavy atom. The predicted octanol–water partition coefficient (Wildman–Crippen LogP) is 0.775. The van der Waals surface area contributed by atoms with Gasteiger partial charge in [-0.2, -0.15) is 0 Å². The molecule has 10 nitrogen and oxygen atoms in total. The molecule has 1 fully saturated rings. The van der Waals surface area contributed by atoms with Gasteiger partial charge in [0.25, 0.3) is 11.8 Å². The average Bonchev–Trinajstić information content (AvgIpc) is 3.25. The summed E-state index contributed by atoms with van der Waals surface area (Å²) in [6.07, 6.45) is 1.20. The van der Waals surface area contributed by atoms with Crippen molar-refractivity contribution in [2.24, 2.45) is 0 Å². The van der Waals surface area contributed by atoms with E-state index in [0.717, 1.165) is 23.1 Å². The van der Waals surface area contributed by atoms with E-state index in [1.54, 1.807) is 29.2 Å². The first-order valence-electron chi connectivity index (χ1n) is 12.1. The van der Waals surface area contributed by atoms with Crippen molar-refractivity contribution in [1.29, 1.82) is 0 Å². The Bertz CT molecular complexity index is 1100. The molecule has 10 heteroatoms. The minimum atomic E-state index is -2.06. The van der Waals surface area contributed by atoms with Crippen LogP contribution in [0.15, 0.2) is 42.5 Å². The van der Waals surface area contributed by atoms with Crippen LogP contribution in [0.5, 0.6) is 0 Å². The number of anilines is 1. The Balaban J connectivity index is 1.45. The van der Waals surface area contributed by atoms with Gasteiger partial charge in [0, 0.05) is 62.0 Å². The summed E-state index contributed by atoms with van der Waals surface area (Å²) in [6, 6.07) is 11.7. The Labute approximate surface area is 209 Å². The molecule has 2 aliphatic heterocycles. The maximum Gasteiger partial charge on any atom is 0.255 e. The van der Waals surface area contributed by atoms with Gasteiger partial charge in [0.1, 0.15) is 12.3 Å². The number of aldehydes is 1. The number of fused-ring (bicyclic) bond motifs is 1. The topological polar surface area (TPSA) is 131 Å². The van der Waals surface area contributed by atoms with E-state index in [0.29, 0.717) is 44.0 Å². The van der Waals surface area contributed by atoms with Crippen molar-refractivity contribution in [2.45, 2.75) is 37.9 Å². The van der Waals surface area contributed by atoms with Gasteiger partial charge in [0.05, 0.1) is 13.2 Å². The van der Waals surface area contributed by atoms with Crippen molar-refractivity contribution < 1.29 is 29.3 Å². The number of amides is 2. The van der Waals surface area contributed by atoms with Gasteiger partial charge in [-0.05, 0) is 24.1 Å². The molecule has 1 saturated heterocycles. The minimum Gasteiger partial charge on any atom is -0.381 e. The Kier molecular flexibility index (Phi) is 8.00. The lowest BCUT2D eigenvalue weighted by atomic mass is 10.1. The van der Waals surface area contributed by atoms with Gasteiger partial charge in [0.2, 0.25) is 5.91 Å². The third-order valence-electron chi connectivity index (χ3n) is 6.76. The van der Waals surface area contributed by atoms with Crippen molar-refractivity contribution in [2.75, 3.05) is 38.7 Å². The number of nitrogens with zero attached hydrogens (tertiary/aromatic N) is 2. The second-order valence-electron chi connectivity index (χ2n) is 8.92. The summed E-state index contributed by atoms with van der Waals surface area (Å²) in [5, 5.41) is 27.2. The molecule has 0 saturated carbocycles. The molecule has 2 aliphatic rings. The number of aliphatic hydroxyl groups is 2. The SMILES string of the molecule is CNC(=O)C(CCC=O)N1Cc2c(NCc3ccc(C(O)(O)N4CCOCC4)cc3)cccc2C1=O. The van der Waals surface area contributed by atoms with Crippen LogP contribution in [0.3, 0.4) is 0 Å². The number of morpholine rings is 1. The van der Waals surface area contributed by atoms with Crippen LogP contribution >= 0.6 is 0 Å². The van der Waals surface area contributed by atoms with Crippen LogP contribution in [0.1, 0.15) is 39.9 Å². The molecule has 0 spiro atoms. The summed E-state index contributed by atoms with van der Waals surface area (Å²) in [4.78, 5) is 39.5. The molecule has 2 amide bonds. The van der Waals surface area contributed by atoms with Crippen LogP contribution < -0.4 is 10.6 Å². The summed E-state index contributed by atoms with van der Waals surface area (Å²) >= 11 is 0. The number of carbonyl (C=O) groups excluding carboxylic acids is 3. The number of nitrogens with one attached hydrogen (secondary N) is 2. The van der Waals surface area contributed by atoms with E-state index in [4.69, 9.17) is 4.74 Å². The zero-order valence-corrected chi connectivity index (χ0v) is 20.3. The van der Waals surface area contributed by atoms with E-state index in [1.807, 2.05) is 18.2 Å². The fraction of sp³-hybridized carbons (Fsp3) is 0.423. The lowest BCUT2D eigenvalue weighted by Gasteiger charge is -2.37. The lowest BCUT2D eigenvalue weighted by Crippen LogP contribution is -2.51. The van der Waals surface area contributed by atoms with Gasteiger partial charge in [-0.15, -0.1) is 0 Å². The monoisotopic (exact) mass is 496 g/mol. The van der Waals surface area contributed by atoms with E-state index in [9.17, 15) is 24.6 Å². The second-order valence-corrected chi connectivity index (χ2v) is 8.92. The number of likely N-dealkylation sites (N-methyl/N-ethyl adjacent to an activating group) is 1. The van der Waals surface area contributed by atoms with Crippen molar-refractivity contribution in [3.8, 4) is 0 Å². The van der Waals surface area contributed by atoms with Gasteiger partial charge < -0.3 is 35.3 Å². The molecule has 0 radical (unpaired) electrons. The minimum absolute atomic E-state index is 0.188. The zero-order valence-electron chi connectivity index (χ0n) is 20.3. The quantitative estimate of drug-likeness (QED) is 0.280. The molecule has 1 unspecified atom stereocenters. The molecule has 192 valence electrons. The van der Waals surface area contributed by atoms with Gasteiger partial charge in [-0.3, -0.25) is 9.59 Å². The molecule has 2 heterocycles. The highest BCUT2D eigenvalue weighted by molar-refractivity contribution is 6.02. The van der Waals surface area contributed by atoms with E-state index in [2.05, 4.69) is 10.6 Å². The van der Waals surface area contributed by atoms with Gasteiger partial charge in [-0.25, -0.2) is 4.90 Å². The molecule has 4 N–H and O–H groups in total. The molecule has 0 aliphatic carbocycles. The summed E-state index contributed by atoms with van der Waals surface area (Å²) in [7, 11) is 1.51. The van der Waals surface area contributed by atoms with Crippen molar-refractivity contribution in [1.82, 2.24) is 15.1 Å². The van der Waals surface area contributed by atoms with E-state index in [1.165, 1.54) is 11.9 Å². The van der Waals surface area contributed by atoms with Crippen molar-refractivity contribution in [3.63, 3.8) is 0 Å². The fourth-order valence-corrected chi connectivity index (χ4v) is 4.69. The van der Waals surface area contributed by atoms with Gasteiger partial charge in [0.15, 0.2) is 0 Å². The maximum atomic E-state index is 13.1. The summed E-state index contributed by atoms with van der Waals surface area (Å²) in [5.74, 6) is -2.60. The Morgan fingerprint density at radius 2 is 1.89 bits per heavy atom. The van der Waals surface area contributed by atoms with Crippen LogP contribution in [0.4, 0.5) is 5.69 Å². The van der Waals surface area contributed by atoms with Crippen LogP contribution in [0, 0.1) is 0 Å². The second kappa shape index (κ2) is 11.2. The normalized spacial score (nSPS) is 17.0. The van der Waals surface area contributed by atoms with Gasteiger partial charge >= 0.3 is 0 Å². The third kappa shape index (κ3) is 5.26. The molecule has 2 aromatic carbocycles. The van der Waals surface area contributed by atoms with E-state index < -0.39 is 12.0 Å². The lowest BCUT2D eigenvalue weighted by molar-refractivity contribution is -0.286. The molecular weight excluding hydrogens is 464 g/mol. The van der Waals surface area contributed by atoms with Crippen LogP contribution in [-0.2, 0) is 33.3 Å². The molecule has 0 aromatic heterocycles. The van der Waals surface area contributed by atoms with Crippen LogP contribution in [0.2, 0.25) is 0 Å². The van der Waals surface area contributed by atoms with E-state index >= 15 is 0 Å². The highest BCUT2D eigenvalue weighted by Gasteiger charge is 2.37. The largest absolute Gasteiger partial charge is 0.381 e. The number of carbonyl (C=O) groups is 3. The van der Waals surface area contributed by atoms with Gasteiger partial charge in [-0.1, -0.05) is 30.3 Å². The fourth-order valence-electron chi connectivity index (χ4n) is 4.69. The maximum absolute atomic E-state index is 13.1. The molecule has 4 rings (SSSR count). The number of hydrogen-bond donors (Lipinski definition) is 4. The number of rotatable bonds is 10. The number of benzene rings is 2. The predicted molar refractivity (Wildman–Crippen MR) is 132 cm³/mol. The Hall–Kier alpha value is -3.31. The highest BCUT2D eigenvalue weighted by atomic mass is 16.5. The van der Waals surface area contributed by atoms with Crippen molar-refractivity contribution in [3.05, 3.63) is 64.7 Å². The van der Waals surface area contributed by atoms with Crippen LogP contribution in [-0.4, -0.2) is 77.5 Å². The summed E-state index contributed by atoms with van der Waals surface area (Å²) < 4.78 is 5.29. The summed E-state index contributed by atoms with van der Waals surface area (Å²) in [5.41, 5.74) is 3.42. The molecular formula is C26H32N4O6. The molecule has 36 heavy (non-hydrogen) atoms. The highest BCUT2D eigenvalue weighted by Crippen LogP contribution is 2.32. The van der Waals surface area contributed by atoms with Crippen molar-refractivity contribution >= 4 is 23.8 Å². The number of hydrogen-bond acceptors (Lipinski definition) is 8. The first kappa shape index (κ1) is 25.8. The first-order chi connectivity index (χ1) is 17.4. The van der Waals surface area contributed by atoms with E-state index in [-0.39, 0.29) is 31.2 Å². The molecule has 0 bridgehead atoms. The smallest absolute Gasteiger partial charge is 0.255 e. The Morgan fingerprint density at radius 1 is 1.17 bits per heavy atom. The summed E-state index contributed by atoms with van der Waals surface area (Å²) in [6.45, 7) is 2.49. The molecule has 2 aromatic rings.